The van der Waals surface area contributed by atoms with E-state index in [2.05, 4.69) is 22.0 Å². The van der Waals surface area contributed by atoms with Gasteiger partial charge in [0.15, 0.2) is 11.6 Å². The van der Waals surface area contributed by atoms with E-state index in [1.165, 1.54) is 13.0 Å². The Balaban J connectivity index is 1.40. The number of carbonyl (C=O) groups is 3. The zero-order valence-corrected chi connectivity index (χ0v) is 22.3. The molecule has 0 saturated heterocycles. The predicted octanol–water partition coefficient (Wildman–Crippen LogP) is 4.18. The van der Waals surface area contributed by atoms with Crippen LogP contribution in [0.25, 0.3) is 0 Å². The Hall–Kier alpha value is -4.30. The zero-order valence-electron chi connectivity index (χ0n) is 22.3. The fourth-order valence-corrected chi connectivity index (χ4v) is 5.39. The second-order valence-electron chi connectivity index (χ2n) is 9.93. The summed E-state index contributed by atoms with van der Waals surface area (Å²) in [7, 11) is 1.14. The van der Waals surface area contributed by atoms with Gasteiger partial charge in [-0.25, -0.2) is 28.1 Å². The smallest absolute Gasteiger partial charge is 0.337 e. The maximum Gasteiger partial charge on any atom is 0.337 e. The second kappa shape index (κ2) is 12.3. The van der Waals surface area contributed by atoms with Gasteiger partial charge in [-0.15, -0.1) is 0 Å². The van der Waals surface area contributed by atoms with Crippen molar-refractivity contribution < 1.29 is 27.9 Å². The van der Waals surface area contributed by atoms with Crippen molar-refractivity contribution in [2.45, 2.75) is 50.1 Å². The van der Waals surface area contributed by atoms with Crippen molar-refractivity contribution in [1.82, 2.24) is 20.9 Å². The SMILES string of the molecule is COC(=O)C1=C(C)NC(=O)N(C(=O)NCCNC2CCC(C#N)(c3ccccc3)CC2)C1c1ccc(F)c(F)c1. The Morgan fingerprint density at radius 2 is 1.82 bits per heavy atom. The molecule has 1 saturated carbocycles. The number of allylic oxidation sites excluding steroid dienone is 1. The van der Waals surface area contributed by atoms with E-state index in [1.807, 2.05) is 30.3 Å². The molecule has 2 aliphatic rings. The van der Waals surface area contributed by atoms with Crippen LogP contribution in [0, 0.1) is 23.0 Å². The number of urea groups is 2. The summed E-state index contributed by atoms with van der Waals surface area (Å²) in [5.74, 6) is -3.12. The number of nitrogens with one attached hydrogen (secondary N) is 3. The molecule has 210 valence electrons. The first-order valence-electron chi connectivity index (χ1n) is 13.0. The predicted molar refractivity (Wildman–Crippen MR) is 142 cm³/mol. The highest BCUT2D eigenvalue weighted by atomic mass is 19.2. The number of carbonyl (C=O) groups excluding carboxylic acids is 3. The van der Waals surface area contributed by atoms with Crippen LogP contribution in [0.15, 0.2) is 59.8 Å². The van der Waals surface area contributed by atoms with Gasteiger partial charge in [-0.05, 0) is 55.9 Å². The molecule has 1 atom stereocenters. The summed E-state index contributed by atoms with van der Waals surface area (Å²) in [4.78, 5) is 39.4. The van der Waals surface area contributed by atoms with E-state index in [0.29, 0.717) is 19.4 Å². The number of hydrogen-bond donors (Lipinski definition) is 3. The summed E-state index contributed by atoms with van der Waals surface area (Å²) >= 11 is 0. The molecule has 3 N–H and O–H groups in total. The van der Waals surface area contributed by atoms with E-state index >= 15 is 0 Å². The van der Waals surface area contributed by atoms with E-state index in [4.69, 9.17) is 4.74 Å². The molecule has 2 aromatic rings. The van der Waals surface area contributed by atoms with Gasteiger partial charge in [0.25, 0.3) is 0 Å². The van der Waals surface area contributed by atoms with Crippen molar-refractivity contribution in [3.63, 3.8) is 0 Å². The number of esters is 1. The highest BCUT2D eigenvalue weighted by molar-refractivity contribution is 6.01. The van der Waals surface area contributed by atoms with Crippen LogP contribution in [-0.2, 0) is 14.9 Å². The topological polar surface area (TPSA) is 124 Å². The highest BCUT2D eigenvalue weighted by Gasteiger charge is 2.42. The quantitative estimate of drug-likeness (QED) is 0.350. The molecule has 4 amide bonds. The van der Waals surface area contributed by atoms with E-state index < -0.39 is 41.1 Å². The molecule has 0 spiro atoms. The normalized spacial score (nSPS) is 22.8. The maximum atomic E-state index is 14.1. The van der Waals surface area contributed by atoms with Crippen LogP contribution in [-0.4, -0.2) is 49.2 Å². The molecule has 1 aliphatic carbocycles. The third kappa shape index (κ3) is 5.82. The first-order chi connectivity index (χ1) is 19.2. The van der Waals surface area contributed by atoms with Gasteiger partial charge in [-0.1, -0.05) is 36.4 Å². The third-order valence-electron chi connectivity index (χ3n) is 7.55. The van der Waals surface area contributed by atoms with Crippen molar-refractivity contribution >= 4 is 18.0 Å². The number of imide groups is 1. The van der Waals surface area contributed by atoms with Crippen molar-refractivity contribution in [3.05, 3.63) is 82.6 Å². The molecule has 0 bridgehead atoms. The first kappa shape index (κ1) is 28.7. The van der Waals surface area contributed by atoms with Crippen LogP contribution in [0.4, 0.5) is 18.4 Å². The summed E-state index contributed by atoms with van der Waals surface area (Å²) < 4.78 is 32.6. The number of benzene rings is 2. The molecule has 0 radical (unpaired) electrons. The summed E-state index contributed by atoms with van der Waals surface area (Å²) in [6.45, 7) is 2.01. The standard InChI is InChI=1S/C29H31F2N5O4/c1-18-24(26(37)40-2)25(19-8-9-22(30)23(31)16-19)36(28(39)35-18)27(38)34-15-14-33-21-10-12-29(17-32,13-11-21)20-6-4-3-5-7-20/h3-9,16,21,25,33H,10-15H2,1-2H3,(H,34,38)(H,35,39). The summed E-state index contributed by atoms with van der Waals surface area (Å²) in [5.41, 5.74) is 0.603. The van der Waals surface area contributed by atoms with Crippen molar-refractivity contribution in [1.29, 1.82) is 5.26 Å². The number of hydrogen-bond acceptors (Lipinski definition) is 6. The fourth-order valence-electron chi connectivity index (χ4n) is 5.39. The molecule has 2 aromatic carbocycles. The first-order valence-corrected chi connectivity index (χ1v) is 13.0. The monoisotopic (exact) mass is 551 g/mol. The number of halogens is 2. The van der Waals surface area contributed by atoms with E-state index in [-0.39, 0.29) is 29.4 Å². The fraction of sp³-hybridized carbons (Fsp3) is 0.379. The second-order valence-corrected chi connectivity index (χ2v) is 9.93. The Bertz CT molecular complexity index is 1350. The van der Waals surface area contributed by atoms with Crippen molar-refractivity contribution in [2.75, 3.05) is 20.2 Å². The van der Waals surface area contributed by atoms with Gasteiger partial charge in [-0.3, -0.25) is 0 Å². The largest absolute Gasteiger partial charge is 0.466 e. The number of ether oxygens (including phenoxy) is 1. The molecule has 1 aliphatic heterocycles. The van der Waals surface area contributed by atoms with Crippen LogP contribution in [0.1, 0.15) is 49.8 Å². The van der Waals surface area contributed by atoms with Gasteiger partial charge in [0.1, 0.15) is 6.04 Å². The van der Waals surface area contributed by atoms with Crippen LogP contribution >= 0.6 is 0 Å². The molecule has 40 heavy (non-hydrogen) atoms. The summed E-state index contributed by atoms with van der Waals surface area (Å²) in [6.07, 6.45) is 3.00. The van der Waals surface area contributed by atoms with Crippen LogP contribution in [0.5, 0.6) is 0 Å². The highest BCUT2D eigenvalue weighted by Crippen LogP contribution is 2.39. The Morgan fingerprint density at radius 3 is 2.45 bits per heavy atom. The molecule has 11 heteroatoms. The number of nitrogens with zero attached hydrogens (tertiary/aromatic N) is 2. The molecule has 1 heterocycles. The van der Waals surface area contributed by atoms with E-state index in [9.17, 15) is 28.4 Å². The molecule has 1 fully saturated rings. The van der Waals surface area contributed by atoms with E-state index in [0.717, 1.165) is 42.5 Å². The summed E-state index contributed by atoms with van der Waals surface area (Å²) in [6, 6.07) is 12.4. The van der Waals surface area contributed by atoms with Gasteiger partial charge in [0, 0.05) is 24.8 Å². The van der Waals surface area contributed by atoms with Gasteiger partial charge in [-0.2, -0.15) is 5.26 Å². The lowest BCUT2D eigenvalue weighted by Crippen LogP contribution is -2.55. The van der Waals surface area contributed by atoms with Crippen molar-refractivity contribution in [2.24, 2.45) is 0 Å². The minimum atomic E-state index is -1.33. The molecular formula is C29H31F2N5O4. The van der Waals surface area contributed by atoms with Crippen molar-refractivity contribution in [3.8, 4) is 6.07 Å². The zero-order chi connectivity index (χ0) is 28.9. The third-order valence-corrected chi connectivity index (χ3v) is 7.55. The lowest BCUT2D eigenvalue weighted by Gasteiger charge is -2.36. The molecule has 4 rings (SSSR count). The van der Waals surface area contributed by atoms with Gasteiger partial charge < -0.3 is 20.7 Å². The van der Waals surface area contributed by atoms with Gasteiger partial charge in [0.05, 0.1) is 24.2 Å². The number of amides is 4. The maximum absolute atomic E-state index is 14.1. The Labute approximate surface area is 231 Å². The van der Waals surface area contributed by atoms with Crippen LogP contribution in [0.3, 0.4) is 0 Å². The van der Waals surface area contributed by atoms with Crippen LogP contribution in [0.2, 0.25) is 0 Å². The average molecular weight is 552 g/mol. The molecule has 1 unspecified atom stereocenters. The minimum Gasteiger partial charge on any atom is -0.466 e. The van der Waals surface area contributed by atoms with Gasteiger partial charge in [0.2, 0.25) is 0 Å². The van der Waals surface area contributed by atoms with Gasteiger partial charge >= 0.3 is 18.0 Å². The number of methoxy groups -OCH3 is 1. The van der Waals surface area contributed by atoms with E-state index in [1.54, 1.807) is 0 Å². The lowest BCUT2D eigenvalue weighted by atomic mass is 9.69. The minimum absolute atomic E-state index is 0.0309. The molecule has 0 aromatic heterocycles. The van der Waals surface area contributed by atoms with Crippen LogP contribution < -0.4 is 16.0 Å². The lowest BCUT2D eigenvalue weighted by molar-refractivity contribution is -0.136. The Morgan fingerprint density at radius 1 is 1.12 bits per heavy atom. The number of rotatable bonds is 7. The molecule has 9 nitrogen and oxygen atoms in total. The number of nitriles is 1. The average Bonchev–Trinajstić information content (AvgIpc) is 2.96. The molecular weight excluding hydrogens is 520 g/mol. The Kier molecular flexibility index (Phi) is 8.80. The summed E-state index contributed by atoms with van der Waals surface area (Å²) in [5, 5.41) is 18.4.